The first-order valence-electron chi connectivity index (χ1n) is 5.54. The Balaban J connectivity index is 2.39. The molecule has 1 aromatic carbocycles. The fraction of sp³-hybridized carbons (Fsp3) is 0.455. The lowest BCUT2D eigenvalue weighted by Crippen LogP contribution is -2.35. The molecule has 0 atom stereocenters. The van der Waals surface area contributed by atoms with Crippen molar-refractivity contribution in [3.63, 3.8) is 0 Å². The van der Waals surface area contributed by atoms with Gasteiger partial charge < -0.3 is 5.11 Å². The summed E-state index contributed by atoms with van der Waals surface area (Å²) in [7, 11) is -3.77. The van der Waals surface area contributed by atoms with Gasteiger partial charge >= 0.3 is 0 Å². The van der Waals surface area contributed by atoms with Gasteiger partial charge in [0, 0.05) is 12.6 Å². The molecule has 1 fully saturated rings. The zero-order chi connectivity index (χ0) is 13.3. The summed E-state index contributed by atoms with van der Waals surface area (Å²) in [6.45, 7) is -0.227. The predicted molar refractivity (Wildman–Crippen MR) is 65.4 cm³/mol. The first kappa shape index (κ1) is 13.7. The molecule has 0 aromatic heterocycles. The highest BCUT2D eigenvalue weighted by Crippen LogP contribution is 2.34. The van der Waals surface area contributed by atoms with Crippen LogP contribution in [-0.2, 0) is 10.0 Å². The van der Waals surface area contributed by atoms with Gasteiger partial charge in [-0.15, -0.1) is 0 Å². The van der Waals surface area contributed by atoms with Crippen molar-refractivity contribution in [1.82, 2.24) is 4.31 Å². The number of nitrogens with zero attached hydrogens (tertiary/aromatic N) is 1. The Hall–Kier alpha value is -0.690. The van der Waals surface area contributed by atoms with E-state index in [1.807, 2.05) is 0 Å². The highest BCUT2D eigenvalue weighted by Gasteiger charge is 2.38. The monoisotopic (exact) mass is 293 g/mol. The second-order valence-corrected chi connectivity index (χ2v) is 6.41. The molecule has 0 saturated heterocycles. The molecular weight excluding hydrogens is 281 g/mol. The molecule has 1 aliphatic carbocycles. The SMILES string of the molecule is O=S(=O)(c1ccc(F)cc1Cl)N(CCO)C1CC1. The maximum atomic E-state index is 12.9. The van der Waals surface area contributed by atoms with E-state index in [9.17, 15) is 12.8 Å². The molecule has 18 heavy (non-hydrogen) atoms. The van der Waals surface area contributed by atoms with E-state index >= 15 is 0 Å². The van der Waals surface area contributed by atoms with Gasteiger partial charge in [-0.25, -0.2) is 12.8 Å². The number of hydrogen-bond acceptors (Lipinski definition) is 3. The highest BCUT2D eigenvalue weighted by molar-refractivity contribution is 7.89. The quantitative estimate of drug-likeness (QED) is 0.897. The van der Waals surface area contributed by atoms with Gasteiger partial charge in [-0.2, -0.15) is 4.31 Å². The molecule has 7 heteroatoms. The Morgan fingerprint density at radius 1 is 1.44 bits per heavy atom. The van der Waals surface area contributed by atoms with Crippen LogP contribution in [0, 0.1) is 5.82 Å². The average molecular weight is 294 g/mol. The number of hydrogen-bond donors (Lipinski definition) is 1. The van der Waals surface area contributed by atoms with E-state index in [1.165, 1.54) is 4.31 Å². The molecule has 2 rings (SSSR count). The third-order valence-corrected chi connectivity index (χ3v) is 5.19. The Kier molecular flexibility index (Phi) is 3.91. The molecule has 4 nitrogen and oxygen atoms in total. The van der Waals surface area contributed by atoms with Crippen molar-refractivity contribution in [2.75, 3.05) is 13.2 Å². The van der Waals surface area contributed by atoms with Crippen molar-refractivity contribution in [2.45, 2.75) is 23.8 Å². The van der Waals surface area contributed by atoms with Gasteiger partial charge in [0.15, 0.2) is 0 Å². The van der Waals surface area contributed by atoms with Crippen molar-refractivity contribution in [3.05, 3.63) is 29.0 Å². The third kappa shape index (κ3) is 2.66. The standard InChI is InChI=1S/C11H13ClFNO3S/c12-10-7-8(13)1-4-11(10)18(16,17)14(5-6-15)9-2-3-9/h1,4,7,9,15H,2-3,5-6H2. The molecule has 0 heterocycles. The molecule has 1 N–H and O–H groups in total. The number of aliphatic hydroxyl groups is 1. The smallest absolute Gasteiger partial charge is 0.244 e. The van der Waals surface area contributed by atoms with E-state index in [2.05, 4.69) is 0 Å². The minimum Gasteiger partial charge on any atom is -0.395 e. The Bertz CT molecular complexity index is 545. The highest BCUT2D eigenvalue weighted by atomic mass is 35.5. The molecular formula is C11H13ClFNO3S. The van der Waals surface area contributed by atoms with Crippen molar-refractivity contribution < 1.29 is 17.9 Å². The normalized spacial score (nSPS) is 16.2. The van der Waals surface area contributed by atoms with Crippen LogP contribution in [0.3, 0.4) is 0 Å². The summed E-state index contributed by atoms with van der Waals surface area (Å²) in [5, 5.41) is 8.80. The topological polar surface area (TPSA) is 57.6 Å². The molecule has 1 saturated carbocycles. The van der Waals surface area contributed by atoms with E-state index in [1.54, 1.807) is 0 Å². The van der Waals surface area contributed by atoms with Gasteiger partial charge in [0.05, 0.1) is 11.6 Å². The third-order valence-electron chi connectivity index (χ3n) is 2.76. The second-order valence-electron chi connectivity index (χ2n) is 4.15. The van der Waals surface area contributed by atoms with Crippen molar-refractivity contribution in [3.8, 4) is 0 Å². The molecule has 1 aliphatic rings. The van der Waals surface area contributed by atoms with Gasteiger partial charge in [-0.3, -0.25) is 0 Å². The first-order chi connectivity index (χ1) is 8.46. The number of rotatable bonds is 5. The summed E-state index contributed by atoms with van der Waals surface area (Å²) in [5.41, 5.74) is 0. The fourth-order valence-electron chi connectivity index (χ4n) is 1.77. The minimum atomic E-state index is -3.77. The van der Waals surface area contributed by atoms with Gasteiger partial charge in [-0.1, -0.05) is 11.6 Å². The van der Waals surface area contributed by atoms with E-state index in [-0.39, 0.29) is 29.1 Å². The predicted octanol–water partition coefficient (Wildman–Crippen LogP) is 1.62. The minimum absolute atomic E-state index is 0.0285. The molecule has 0 aliphatic heterocycles. The van der Waals surface area contributed by atoms with Gasteiger partial charge in [-0.05, 0) is 31.0 Å². The van der Waals surface area contributed by atoms with Crippen molar-refractivity contribution >= 4 is 21.6 Å². The average Bonchev–Trinajstić information content (AvgIpc) is 3.08. The van der Waals surface area contributed by atoms with Crippen LogP contribution in [-0.4, -0.2) is 37.0 Å². The maximum Gasteiger partial charge on any atom is 0.244 e. The van der Waals surface area contributed by atoms with Crippen LogP contribution in [0.4, 0.5) is 4.39 Å². The molecule has 0 bridgehead atoms. The molecule has 0 radical (unpaired) electrons. The van der Waals surface area contributed by atoms with Crippen LogP contribution in [0.2, 0.25) is 5.02 Å². The van der Waals surface area contributed by atoms with Crippen molar-refractivity contribution in [2.24, 2.45) is 0 Å². The summed E-state index contributed by atoms with van der Waals surface area (Å²) in [5.74, 6) is -0.584. The molecule has 0 spiro atoms. The summed E-state index contributed by atoms with van der Waals surface area (Å²) in [4.78, 5) is -0.120. The molecule has 100 valence electrons. The van der Waals surface area contributed by atoms with Gasteiger partial charge in [0.25, 0.3) is 0 Å². The number of aliphatic hydroxyl groups excluding tert-OH is 1. The molecule has 0 unspecified atom stereocenters. The lowest BCUT2D eigenvalue weighted by atomic mass is 10.3. The Labute approximate surface area is 110 Å². The van der Waals surface area contributed by atoms with Crippen LogP contribution in [0.5, 0.6) is 0 Å². The molecule has 0 amide bonds. The number of halogens is 2. The van der Waals surface area contributed by atoms with Crippen LogP contribution in [0.15, 0.2) is 23.1 Å². The van der Waals surface area contributed by atoms with Crippen LogP contribution in [0.1, 0.15) is 12.8 Å². The number of sulfonamides is 1. The van der Waals surface area contributed by atoms with E-state index < -0.39 is 15.8 Å². The maximum absolute atomic E-state index is 12.9. The zero-order valence-corrected chi connectivity index (χ0v) is 11.1. The Morgan fingerprint density at radius 2 is 2.11 bits per heavy atom. The summed E-state index contributed by atoms with van der Waals surface area (Å²) in [6.07, 6.45) is 1.55. The number of benzene rings is 1. The fourth-order valence-corrected chi connectivity index (χ4v) is 3.95. The van der Waals surface area contributed by atoms with Crippen LogP contribution in [0.25, 0.3) is 0 Å². The van der Waals surface area contributed by atoms with E-state index in [0.29, 0.717) is 0 Å². The van der Waals surface area contributed by atoms with Crippen LogP contribution < -0.4 is 0 Å². The Morgan fingerprint density at radius 3 is 2.61 bits per heavy atom. The summed E-state index contributed by atoms with van der Waals surface area (Å²) < 4.78 is 38.8. The van der Waals surface area contributed by atoms with Crippen LogP contribution >= 0.6 is 11.6 Å². The lowest BCUT2D eigenvalue weighted by Gasteiger charge is -2.21. The lowest BCUT2D eigenvalue weighted by molar-refractivity contribution is 0.250. The second kappa shape index (κ2) is 5.13. The van der Waals surface area contributed by atoms with Gasteiger partial charge in [0.2, 0.25) is 10.0 Å². The van der Waals surface area contributed by atoms with E-state index in [4.69, 9.17) is 16.7 Å². The molecule has 1 aromatic rings. The summed E-state index contributed by atoms with van der Waals surface area (Å²) in [6, 6.07) is 3.10. The van der Waals surface area contributed by atoms with E-state index in [0.717, 1.165) is 31.0 Å². The zero-order valence-electron chi connectivity index (χ0n) is 9.51. The summed E-state index contributed by atoms with van der Waals surface area (Å²) >= 11 is 5.78. The van der Waals surface area contributed by atoms with Crippen molar-refractivity contribution in [1.29, 1.82) is 0 Å². The first-order valence-corrected chi connectivity index (χ1v) is 7.36. The largest absolute Gasteiger partial charge is 0.395 e. The van der Waals surface area contributed by atoms with Gasteiger partial charge in [0.1, 0.15) is 10.7 Å².